The number of hydrazone groups is 1. The van der Waals surface area contributed by atoms with Gasteiger partial charge in [0.05, 0.1) is 6.21 Å². The molecule has 22 heavy (non-hydrogen) atoms. The third-order valence-electron chi connectivity index (χ3n) is 3.38. The molecule has 0 aliphatic heterocycles. The lowest BCUT2D eigenvalue weighted by Gasteiger charge is -1.99. The smallest absolute Gasteiger partial charge is 0.271 e. The van der Waals surface area contributed by atoms with Gasteiger partial charge < -0.3 is 4.57 Å². The van der Waals surface area contributed by atoms with Gasteiger partial charge in [0.25, 0.3) is 5.91 Å². The predicted octanol–water partition coefficient (Wildman–Crippen LogP) is 3.60. The molecule has 110 valence electrons. The van der Waals surface area contributed by atoms with E-state index in [1.54, 1.807) is 30.5 Å². The van der Waals surface area contributed by atoms with Crippen molar-refractivity contribution in [2.75, 3.05) is 0 Å². The second-order valence-electron chi connectivity index (χ2n) is 4.92. The van der Waals surface area contributed by atoms with E-state index in [4.69, 9.17) is 11.6 Å². The fourth-order valence-electron chi connectivity index (χ4n) is 2.33. The molecular formula is C17H14ClN3O. The Balaban J connectivity index is 1.78. The summed E-state index contributed by atoms with van der Waals surface area (Å²) in [5.41, 5.74) is 5.05. The van der Waals surface area contributed by atoms with Gasteiger partial charge in [-0.2, -0.15) is 5.10 Å². The Labute approximate surface area is 133 Å². The molecule has 3 rings (SSSR count). The third kappa shape index (κ3) is 2.87. The van der Waals surface area contributed by atoms with Gasteiger partial charge in [0, 0.05) is 40.3 Å². The van der Waals surface area contributed by atoms with E-state index in [0.717, 1.165) is 16.5 Å². The van der Waals surface area contributed by atoms with Crippen LogP contribution >= 0.6 is 11.6 Å². The average Bonchev–Trinajstić information content (AvgIpc) is 2.84. The fraction of sp³-hybridized carbons (Fsp3) is 0.0588. The normalized spacial score (nSPS) is 11.2. The molecule has 3 aromatic rings. The van der Waals surface area contributed by atoms with Crippen LogP contribution in [0, 0.1) is 0 Å². The van der Waals surface area contributed by atoms with E-state index in [2.05, 4.69) is 10.5 Å². The zero-order chi connectivity index (χ0) is 15.5. The van der Waals surface area contributed by atoms with Crippen LogP contribution in [0.5, 0.6) is 0 Å². The number of para-hydroxylation sites is 1. The minimum absolute atomic E-state index is 0.293. The summed E-state index contributed by atoms with van der Waals surface area (Å²) in [6.45, 7) is 0. The molecule has 0 spiro atoms. The second kappa shape index (κ2) is 6.03. The van der Waals surface area contributed by atoms with E-state index in [1.165, 1.54) is 0 Å². The van der Waals surface area contributed by atoms with Crippen LogP contribution in [0.15, 0.2) is 59.8 Å². The monoisotopic (exact) mass is 311 g/mol. The number of hydrogen-bond donors (Lipinski definition) is 1. The Morgan fingerprint density at radius 2 is 2.05 bits per heavy atom. The molecule has 4 nitrogen and oxygen atoms in total. The molecule has 5 heteroatoms. The van der Waals surface area contributed by atoms with Crippen molar-refractivity contribution in [3.8, 4) is 0 Å². The zero-order valence-corrected chi connectivity index (χ0v) is 12.7. The molecule has 0 fully saturated rings. The largest absolute Gasteiger partial charge is 0.350 e. The van der Waals surface area contributed by atoms with Gasteiger partial charge in [-0.15, -0.1) is 0 Å². The number of benzene rings is 2. The first-order valence-electron chi connectivity index (χ1n) is 6.78. The molecule has 0 saturated carbocycles. The minimum Gasteiger partial charge on any atom is -0.350 e. The summed E-state index contributed by atoms with van der Waals surface area (Å²) in [4.78, 5) is 12.0. The Hall–Kier alpha value is -2.59. The quantitative estimate of drug-likeness (QED) is 0.583. The number of aryl methyl sites for hydroxylation is 1. The van der Waals surface area contributed by atoms with Crippen molar-refractivity contribution in [3.63, 3.8) is 0 Å². The first-order valence-corrected chi connectivity index (χ1v) is 7.16. The van der Waals surface area contributed by atoms with Crippen molar-refractivity contribution in [1.29, 1.82) is 0 Å². The highest BCUT2D eigenvalue weighted by Crippen LogP contribution is 2.18. The van der Waals surface area contributed by atoms with Crippen LogP contribution in [0.25, 0.3) is 10.9 Å². The van der Waals surface area contributed by atoms with Crippen LogP contribution in [-0.4, -0.2) is 16.7 Å². The van der Waals surface area contributed by atoms with Crippen molar-refractivity contribution in [1.82, 2.24) is 9.99 Å². The number of aromatic nitrogens is 1. The van der Waals surface area contributed by atoms with Crippen molar-refractivity contribution >= 4 is 34.6 Å². The van der Waals surface area contributed by atoms with Crippen LogP contribution in [0.4, 0.5) is 0 Å². The first kappa shape index (κ1) is 14.4. The molecule has 1 amide bonds. The standard InChI is InChI=1S/C17H14ClN3O/c1-21-11-13(15-7-2-3-8-16(15)21)10-19-20-17(22)12-5-4-6-14(18)9-12/h2-11H,1H3,(H,20,22). The van der Waals surface area contributed by atoms with Crippen LogP contribution in [0.3, 0.4) is 0 Å². The molecule has 0 aliphatic carbocycles. The fourth-order valence-corrected chi connectivity index (χ4v) is 2.52. The number of nitrogens with one attached hydrogen (secondary N) is 1. The van der Waals surface area contributed by atoms with Gasteiger partial charge in [-0.3, -0.25) is 4.79 Å². The molecule has 1 heterocycles. The van der Waals surface area contributed by atoms with Gasteiger partial charge in [0.15, 0.2) is 0 Å². The van der Waals surface area contributed by atoms with Crippen molar-refractivity contribution in [2.24, 2.45) is 12.1 Å². The number of nitrogens with zero attached hydrogens (tertiary/aromatic N) is 2. The summed E-state index contributed by atoms with van der Waals surface area (Å²) in [5, 5.41) is 5.64. The third-order valence-corrected chi connectivity index (χ3v) is 3.62. The molecule has 0 unspecified atom stereocenters. The van der Waals surface area contributed by atoms with Crippen LogP contribution in [0.2, 0.25) is 5.02 Å². The molecule has 0 aliphatic rings. The van der Waals surface area contributed by atoms with E-state index in [1.807, 2.05) is 42.1 Å². The highest BCUT2D eigenvalue weighted by molar-refractivity contribution is 6.30. The Bertz CT molecular complexity index is 867. The summed E-state index contributed by atoms with van der Waals surface area (Å²) in [6.07, 6.45) is 3.62. The average molecular weight is 312 g/mol. The summed E-state index contributed by atoms with van der Waals surface area (Å²) >= 11 is 5.87. The van der Waals surface area contributed by atoms with Gasteiger partial charge >= 0.3 is 0 Å². The maximum Gasteiger partial charge on any atom is 0.271 e. The maximum absolute atomic E-state index is 12.0. The van der Waals surface area contributed by atoms with Crippen LogP contribution in [0.1, 0.15) is 15.9 Å². The van der Waals surface area contributed by atoms with Crippen LogP contribution in [-0.2, 0) is 7.05 Å². The second-order valence-corrected chi connectivity index (χ2v) is 5.36. The lowest BCUT2D eigenvalue weighted by atomic mass is 10.2. The zero-order valence-electron chi connectivity index (χ0n) is 12.0. The van der Waals surface area contributed by atoms with E-state index in [0.29, 0.717) is 10.6 Å². The van der Waals surface area contributed by atoms with Crippen molar-refractivity contribution < 1.29 is 4.79 Å². The molecule has 0 atom stereocenters. The molecular weight excluding hydrogens is 298 g/mol. The predicted molar refractivity (Wildman–Crippen MR) is 89.4 cm³/mol. The molecule has 2 aromatic carbocycles. The number of halogens is 1. The molecule has 0 bridgehead atoms. The minimum atomic E-state index is -0.293. The molecule has 0 saturated heterocycles. The van der Waals surface area contributed by atoms with E-state index in [-0.39, 0.29) is 5.91 Å². The Kier molecular flexibility index (Phi) is 3.94. The highest BCUT2D eigenvalue weighted by atomic mass is 35.5. The van der Waals surface area contributed by atoms with Gasteiger partial charge in [0.2, 0.25) is 0 Å². The van der Waals surface area contributed by atoms with Crippen LogP contribution < -0.4 is 5.43 Å². The number of amides is 1. The van der Waals surface area contributed by atoms with Gasteiger partial charge in [-0.05, 0) is 24.3 Å². The summed E-state index contributed by atoms with van der Waals surface area (Å²) < 4.78 is 2.02. The van der Waals surface area contributed by atoms with Gasteiger partial charge in [-0.1, -0.05) is 35.9 Å². The molecule has 0 radical (unpaired) electrons. The maximum atomic E-state index is 12.0. The topological polar surface area (TPSA) is 46.4 Å². The first-order chi connectivity index (χ1) is 10.6. The number of carbonyl (C=O) groups excluding carboxylic acids is 1. The highest BCUT2D eigenvalue weighted by Gasteiger charge is 2.05. The van der Waals surface area contributed by atoms with Gasteiger partial charge in [-0.25, -0.2) is 5.43 Å². The van der Waals surface area contributed by atoms with E-state index < -0.39 is 0 Å². The molecule has 1 N–H and O–H groups in total. The number of hydrogen-bond acceptors (Lipinski definition) is 2. The SMILES string of the molecule is Cn1cc(C=NNC(=O)c2cccc(Cl)c2)c2ccccc21. The number of rotatable bonds is 3. The molecule has 1 aromatic heterocycles. The van der Waals surface area contributed by atoms with E-state index >= 15 is 0 Å². The van der Waals surface area contributed by atoms with Gasteiger partial charge in [0.1, 0.15) is 0 Å². The van der Waals surface area contributed by atoms with E-state index in [9.17, 15) is 4.79 Å². The van der Waals surface area contributed by atoms with Crippen molar-refractivity contribution in [3.05, 3.63) is 70.9 Å². The lowest BCUT2D eigenvalue weighted by Crippen LogP contribution is -2.17. The van der Waals surface area contributed by atoms with Crippen molar-refractivity contribution in [2.45, 2.75) is 0 Å². The lowest BCUT2D eigenvalue weighted by molar-refractivity contribution is 0.0955. The summed E-state index contributed by atoms with van der Waals surface area (Å²) in [6, 6.07) is 14.8. The Morgan fingerprint density at radius 1 is 1.23 bits per heavy atom. The Morgan fingerprint density at radius 3 is 2.86 bits per heavy atom. The summed E-state index contributed by atoms with van der Waals surface area (Å²) in [5.74, 6) is -0.293. The number of carbonyl (C=O) groups is 1. The number of fused-ring (bicyclic) bond motifs is 1. The summed E-state index contributed by atoms with van der Waals surface area (Å²) in [7, 11) is 1.98.